The largest absolute Gasteiger partial charge is 0.492 e. The Hall–Kier alpha value is -4.28. The molecule has 0 spiro atoms. The van der Waals surface area contributed by atoms with Crippen LogP contribution in [0, 0.1) is 6.92 Å². The quantitative estimate of drug-likeness (QED) is 0.137. The Labute approximate surface area is 283 Å². The highest BCUT2D eigenvalue weighted by Crippen LogP contribution is 2.33. The van der Waals surface area contributed by atoms with Gasteiger partial charge in [0.15, 0.2) is 0 Å². The van der Waals surface area contributed by atoms with Crippen LogP contribution in [-0.2, 0) is 32.6 Å². The molecule has 8 nitrogen and oxygen atoms in total. The standard InChI is InChI=1S/C37H43N3O5S2/c1-5-24-38-37(42)34(25-29-15-8-7-9-16-29)39(26-30-17-11-10-14-28(30)3)36(41)27-40(33-18-12-13-19-35(33)45-6-2)47(43,44)32-22-20-31(46-4)21-23-32/h7-23,34H,5-6,24-27H2,1-4H3,(H,38,42). The second kappa shape index (κ2) is 17.0. The van der Waals surface area contributed by atoms with Crippen molar-refractivity contribution in [1.82, 2.24) is 10.2 Å². The smallest absolute Gasteiger partial charge is 0.264 e. The van der Waals surface area contributed by atoms with Gasteiger partial charge in [0.2, 0.25) is 11.8 Å². The number of hydrogen-bond acceptors (Lipinski definition) is 6. The van der Waals surface area contributed by atoms with Gasteiger partial charge < -0.3 is 15.0 Å². The highest BCUT2D eigenvalue weighted by Gasteiger charge is 2.35. The first-order chi connectivity index (χ1) is 22.7. The molecule has 1 N–H and O–H groups in total. The third-order valence-corrected chi connectivity index (χ3v) is 10.3. The summed E-state index contributed by atoms with van der Waals surface area (Å²) in [6.07, 6.45) is 2.90. The molecule has 0 fully saturated rings. The number of ether oxygens (including phenoxy) is 1. The number of amides is 2. The molecule has 10 heteroatoms. The van der Waals surface area contributed by atoms with E-state index >= 15 is 0 Å². The van der Waals surface area contributed by atoms with Gasteiger partial charge in [-0.2, -0.15) is 0 Å². The summed E-state index contributed by atoms with van der Waals surface area (Å²) in [5, 5.41) is 2.98. The zero-order chi connectivity index (χ0) is 33.8. The van der Waals surface area contributed by atoms with Crippen molar-refractivity contribution >= 4 is 39.3 Å². The van der Waals surface area contributed by atoms with E-state index in [0.717, 1.165) is 32.3 Å². The molecule has 0 bridgehead atoms. The highest BCUT2D eigenvalue weighted by molar-refractivity contribution is 7.98. The van der Waals surface area contributed by atoms with Crippen molar-refractivity contribution in [3.05, 3.63) is 120 Å². The molecule has 4 rings (SSSR count). The molecule has 0 aromatic heterocycles. The predicted molar refractivity (Wildman–Crippen MR) is 189 cm³/mol. The maximum Gasteiger partial charge on any atom is 0.264 e. The first kappa shape index (κ1) is 35.6. The number of nitrogens with zero attached hydrogens (tertiary/aromatic N) is 2. The number of carbonyl (C=O) groups excluding carboxylic acids is 2. The van der Waals surface area contributed by atoms with E-state index in [0.29, 0.717) is 18.9 Å². The predicted octanol–water partition coefficient (Wildman–Crippen LogP) is 6.48. The molecular formula is C37H43N3O5S2. The van der Waals surface area contributed by atoms with Crippen molar-refractivity contribution in [2.45, 2.75) is 56.0 Å². The lowest BCUT2D eigenvalue weighted by Gasteiger charge is -2.34. The summed E-state index contributed by atoms with van der Waals surface area (Å²) in [6, 6.07) is 29.7. The molecule has 2 amide bonds. The number of anilines is 1. The van der Waals surface area contributed by atoms with Gasteiger partial charge in [-0.15, -0.1) is 11.8 Å². The van der Waals surface area contributed by atoms with Gasteiger partial charge in [0.1, 0.15) is 18.3 Å². The summed E-state index contributed by atoms with van der Waals surface area (Å²) in [4.78, 5) is 31.0. The van der Waals surface area contributed by atoms with Gasteiger partial charge in [0.25, 0.3) is 10.0 Å². The second-order valence-electron chi connectivity index (χ2n) is 11.0. The zero-order valence-electron chi connectivity index (χ0n) is 27.4. The van der Waals surface area contributed by atoms with E-state index < -0.39 is 28.5 Å². The van der Waals surface area contributed by atoms with Gasteiger partial charge in [0, 0.05) is 24.4 Å². The van der Waals surface area contributed by atoms with Crippen LogP contribution in [0.2, 0.25) is 0 Å². The zero-order valence-corrected chi connectivity index (χ0v) is 29.0. The molecule has 0 aliphatic rings. The van der Waals surface area contributed by atoms with E-state index in [1.54, 1.807) is 48.5 Å². The number of benzene rings is 4. The Kier molecular flexibility index (Phi) is 12.9. The normalized spacial score (nSPS) is 11.8. The van der Waals surface area contributed by atoms with Crippen LogP contribution in [0.1, 0.15) is 37.0 Å². The molecule has 1 unspecified atom stereocenters. The summed E-state index contributed by atoms with van der Waals surface area (Å²) in [5.41, 5.74) is 2.94. The monoisotopic (exact) mass is 673 g/mol. The molecule has 0 heterocycles. The van der Waals surface area contributed by atoms with Crippen LogP contribution in [0.15, 0.2) is 113 Å². The summed E-state index contributed by atoms with van der Waals surface area (Å²) in [6.45, 7) is 6.06. The Bertz CT molecular complexity index is 1730. The number of aryl methyl sites for hydroxylation is 1. The van der Waals surface area contributed by atoms with Crippen LogP contribution in [0.4, 0.5) is 5.69 Å². The topological polar surface area (TPSA) is 96.0 Å². The Morgan fingerprint density at radius 2 is 1.53 bits per heavy atom. The number of carbonyl (C=O) groups is 2. The van der Waals surface area contributed by atoms with E-state index in [2.05, 4.69) is 5.32 Å². The molecule has 0 saturated carbocycles. The van der Waals surface area contributed by atoms with Gasteiger partial charge >= 0.3 is 0 Å². The lowest BCUT2D eigenvalue weighted by Crippen LogP contribution is -2.53. The summed E-state index contributed by atoms with van der Waals surface area (Å²) in [5.74, 6) is -0.482. The molecule has 0 radical (unpaired) electrons. The Morgan fingerprint density at radius 3 is 2.19 bits per heavy atom. The second-order valence-corrected chi connectivity index (χ2v) is 13.8. The van der Waals surface area contributed by atoms with Crippen LogP contribution in [0.3, 0.4) is 0 Å². The van der Waals surface area contributed by atoms with E-state index in [4.69, 9.17) is 4.74 Å². The van der Waals surface area contributed by atoms with Crippen LogP contribution in [0.25, 0.3) is 0 Å². The van der Waals surface area contributed by atoms with Gasteiger partial charge in [-0.05, 0) is 79.6 Å². The van der Waals surface area contributed by atoms with Crippen molar-refractivity contribution in [2.24, 2.45) is 0 Å². The Balaban J connectivity index is 1.84. The first-order valence-electron chi connectivity index (χ1n) is 15.7. The van der Waals surface area contributed by atoms with Crippen molar-refractivity contribution < 1.29 is 22.7 Å². The molecule has 4 aromatic rings. The van der Waals surface area contributed by atoms with Gasteiger partial charge in [0.05, 0.1) is 17.2 Å². The molecule has 1 atom stereocenters. The van der Waals surface area contributed by atoms with Gasteiger partial charge in [-0.3, -0.25) is 13.9 Å². The maximum atomic E-state index is 14.7. The van der Waals surface area contributed by atoms with E-state index in [9.17, 15) is 18.0 Å². The molecule has 0 aliphatic heterocycles. The van der Waals surface area contributed by atoms with Crippen molar-refractivity contribution in [3.63, 3.8) is 0 Å². The molecular weight excluding hydrogens is 631 g/mol. The summed E-state index contributed by atoms with van der Waals surface area (Å²) >= 11 is 1.50. The summed E-state index contributed by atoms with van der Waals surface area (Å²) < 4.78 is 35.8. The lowest BCUT2D eigenvalue weighted by atomic mass is 10.0. The van der Waals surface area contributed by atoms with Crippen LogP contribution in [0.5, 0.6) is 5.75 Å². The average molecular weight is 674 g/mol. The number of sulfonamides is 1. The number of para-hydroxylation sites is 2. The number of nitrogens with one attached hydrogen (secondary N) is 1. The van der Waals surface area contributed by atoms with Crippen LogP contribution < -0.4 is 14.4 Å². The van der Waals surface area contributed by atoms with Gasteiger partial charge in [-0.1, -0.05) is 73.7 Å². The number of hydrogen-bond donors (Lipinski definition) is 1. The molecule has 0 saturated heterocycles. The van der Waals surface area contributed by atoms with Crippen molar-refractivity contribution in [2.75, 3.05) is 30.3 Å². The third-order valence-electron chi connectivity index (χ3n) is 7.78. The van der Waals surface area contributed by atoms with Crippen molar-refractivity contribution in [3.8, 4) is 5.75 Å². The van der Waals surface area contributed by atoms with E-state index in [-0.39, 0.29) is 29.5 Å². The lowest BCUT2D eigenvalue weighted by molar-refractivity contribution is -0.140. The minimum atomic E-state index is -4.25. The first-order valence-corrected chi connectivity index (χ1v) is 18.4. The third kappa shape index (κ3) is 9.17. The molecule has 248 valence electrons. The Morgan fingerprint density at radius 1 is 0.872 bits per heavy atom. The van der Waals surface area contributed by atoms with Crippen LogP contribution in [-0.4, -0.2) is 57.1 Å². The molecule has 4 aromatic carbocycles. The maximum absolute atomic E-state index is 14.7. The molecule has 47 heavy (non-hydrogen) atoms. The minimum Gasteiger partial charge on any atom is -0.492 e. The van der Waals surface area contributed by atoms with Crippen LogP contribution >= 0.6 is 11.8 Å². The molecule has 0 aliphatic carbocycles. The SMILES string of the molecule is CCCNC(=O)C(Cc1ccccc1)N(Cc1ccccc1C)C(=O)CN(c1ccccc1OCC)S(=O)(=O)c1ccc(SC)cc1. The number of thioether (sulfide) groups is 1. The fourth-order valence-corrected chi connectivity index (χ4v) is 7.05. The minimum absolute atomic E-state index is 0.0429. The van der Waals surface area contributed by atoms with Gasteiger partial charge in [-0.25, -0.2) is 8.42 Å². The van der Waals surface area contributed by atoms with E-state index in [1.807, 2.05) is 81.6 Å². The fraction of sp³-hybridized carbons (Fsp3) is 0.297. The average Bonchev–Trinajstić information content (AvgIpc) is 3.09. The fourth-order valence-electron chi connectivity index (χ4n) is 5.22. The van der Waals surface area contributed by atoms with Crippen molar-refractivity contribution in [1.29, 1.82) is 0 Å². The summed E-state index contributed by atoms with van der Waals surface area (Å²) in [7, 11) is -4.25. The van der Waals surface area contributed by atoms with E-state index in [1.165, 1.54) is 16.7 Å². The highest BCUT2D eigenvalue weighted by atomic mass is 32.2. The number of rotatable bonds is 16.